The van der Waals surface area contributed by atoms with Crippen molar-refractivity contribution in [1.82, 2.24) is 5.16 Å². The van der Waals surface area contributed by atoms with Crippen molar-refractivity contribution in [1.29, 1.82) is 0 Å². The Hall–Kier alpha value is -3.72. The number of benzene rings is 2. The molecule has 0 spiro atoms. The van der Waals surface area contributed by atoms with E-state index < -0.39 is 29.6 Å². The van der Waals surface area contributed by atoms with Gasteiger partial charge in [-0.1, -0.05) is 61.5 Å². The van der Waals surface area contributed by atoms with Crippen LogP contribution in [0.4, 0.5) is 14.9 Å². The number of anilines is 1. The zero-order valence-corrected chi connectivity index (χ0v) is 23.0. The molecule has 8 nitrogen and oxygen atoms in total. The first-order valence-corrected chi connectivity index (χ1v) is 13.3. The summed E-state index contributed by atoms with van der Waals surface area (Å²) in [6.07, 6.45) is 1.62. The lowest BCUT2D eigenvalue weighted by Crippen LogP contribution is -2.35. The van der Waals surface area contributed by atoms with Gasteiger partial charge in [0.15, 0.2) is 5.76 Å². The normalized spacial score (nSPS) is 13.5. The molecule has 9 heteroatoms. The molecule has 1 aromatic heterocycles. The van der Waals surface area contributed by atoms with E-state index in [1.165, 1.54) is 6.07 Å². The lowest BCUT2D eigenvalue weighted by Gasteiger charge is -2.31. The predicted molar refractivity (Wildman–Crippen MR) is 146 cm³/mol. The Morgan fingerprint density at radius 1 is 1.18 bits per heavy atom. The SMILES string of the molecule is CCCOC(CC)(CCCc1ccc(-c2onc(C)c2NC(=O)O[C@H](C)c2ccccc2)cc1F)CC(=O)O. The van der Waals surface area contributed by atoms with E-state index in [1.807, 2.05) is 44.2 Å². The van der Waals surface area contributed by atoms with E-state index in [9.17, 15) is 14.7 Å². The Labute approximate surface area is 228 Å². The standard InChI is InChI=1S/C30H37FN2O6/c1-5-17-37-30(6-2,19-26(34)35)16-10-13-23-14-15-24(18-25(23)31)28-27(20(3)33-39-28)32-29(36)38-21(4)22-11-8-7-9-12-22/h7-9,11-12,14-15,18,21H,5-6,10,13,16-17,19H2,1-4H3,(H,32,36)(H,34,35)/t21-,30?/m1/s1. The number of carboxylic acids is 1. The van der Waals surface area contributed by atoms with Gasteiger partial charge in [0.25, 0.3) is 0 Å². The predicted octanol–water partition coefficient (Wildman–Crippen LogP) is 7.47. The second-order valence-corrected chi connectivity index (χ2v) is 9.67. The van der Waals surface area contributed by atoms with Crippen molar-refractivity contribution in [2.24, 2.45) is 0 Å². The van der Waals surface area contributed by atoms with Crippen molar-refractivity contribution < 1.29 is 33.1 Å². The zero-order valence-electron chi connectivity index (χ0n) is 23.0. The molecule has 1 amide bonds. The maximum absolute atomic E-state index is 15.1. The Morgan fingerprint density at radius 3 is 2.56 bits per heavy atom. The first-order chi connectivity index (χ1) is 18.7. The van der Waals surface area contributed by atoms with Crippen molar-refractivity contribution in [2.45, 2.75) is 77.9 Å². The first kappa shape index (κ1) is 29.8. The minimum Gasteiger partial charge on any atom is -0.481 e. The maximum Gasteiger partial charge on any atom is 0.412 e. The number of aryl methyl sites for hydroxylation is 2. The molecule has 0 radical (unpaired) electrons. The van der Waals surface area contributed by atoms with Gasteiger partial charge < -0.3 is 19.1 Å². The van der Waals surface area contributed by atoms with E-state index in [4.69, 9.17) is 14.0 Å². The summed E-state index contributed by atoms with van der Waals surface area (Å²) in [7, 11) is 0. The summed E-state index contributed by atoms with van der Waals surface area (Å²) in [5.74, 6) is -1.11. The average Bonchev–Trinajstić information content (AvgIpc) is 3.27. The third kappa shape index (κ3) is 8.13. The van der Waals surface area contributed by atoms with E-state index in [-0.39, 0.29) is 12.2 Å². The van der Waals surface area contributed by atoms with Gasteiger partial charge in [-0.15, -0.1) is 0 Å². The number of hydrogen-bond acceptors (Lipinski definition) is 6. The number of nitrogens with one attached hydrogen (secondary N) is 1. The molecule has 0 fully saturated rings. The lowest BCUT2D eigenvalue weighted by atomic mass is 9.88. The number of amides is 1. The molecule has 2 N–H and O–H groups in total. The molecule has 2 atom stereocenters. The lowest BCUT2D eigenvalue weighted by molar-refractivity contribution is -0.147. The van der Waals surface area contributed by atoms with Gasteiger partial charge >= 0.3 is 12.1 Å². The van der Waals surface area contributed by atoms with Crippen LogP contribution < -0.4 is 5.32 Å². The van der Waals surface area contributed by atoms with Crippen LogP contribution in [0.2, 0.25) is 0 Å². The average molecular weight is 541 g/mol. The van der Waals surface area contributed by atoms with Gasteiger partial charge in [0, 0.05) is 12.2 Å². The molecule has 0 aliphatic carbocycles. The van der Waals surface area contributed by atoms with Gasteiger partial charge in [0.1, 0.15) is 23.3 Å². The number of ether oxygens (including phenoxy) is 2. The number of carboxylic acid groups (broad SMARTS) is 1. The van der Waals surface area contributed by atoms with Gasteiger partial charge in [-0.3, -0.25) is 10.1 Å². The molecule has 0 saturated heterocycles. The summed E-state index contributed by atoms with van der Waals surface area (Å²) >= 11 is 0. The molecular weight excluding hydrogens is 503 g/mol. The van der Waals surface area contributed by atoms with Crippen LogP contribution in [-0.4, -0.2) is 34.5 Å². The molecule has 1 heterocycles. The molecular formula is C30H37FN2O6. The number of rotatable bonds is 14. The van der Waals surface area contributed by atoms with Crippen molar-refractivity contribution in [2.75, 3.05) is 11.9 Å². The molecule has 0 aliphatic rings. The molecule has 0 bridgehead atoms. The third-order valence-corrected chi connectivity index (χ3v) is 6.77. The molecule has 3 rings (SSSR count). The van der Waals surface area contributed by atoms with Gasteiger partial charge in [-0.05, 0) is 63.1 Å². The van der Waals surface area contributed by atoms with E-state index in [0.29, 0.717) is 54.8 Å². The third-order valence-electron chi connectivity index (χ3n) is 6.77. The quantitative estimate of drug-likeness (QED) is 0.218. The molecule has 0 saturated carbocycles. The molecule has 210 valence electrons. The molecule has 1 unspecified atom stereocenters. The molecule has 3 aromatic rings. The van der Waals surface area contributed by atoms with E-state index in [1.54, 1.807) is 26.0 Å². The highest BCUT2D eigenvalue weighted by Crippen LogP contribution is 2.33. The van der Waals surface area contributed by atoms with Crippen LogP contribution in [0.15, 0.2) is 53.1 Å². The molecule has 39 heavy (non-hydrogen) atoms. The topological polar surface area (TPSA) is 111 Å². The van der Waals surface area contributed by atoms with Gasteiger partial charge in [0.2, 0.25) is 0 Å². The van der Waals surface area contributed by atoms with E-state index >= 15 is 4.39 Å². The van der Waals surface area contributed by atoms with Crippen LogP contribution in [0.5, 0.6) is 0 Å². The number of nitrogens with zero attached hydrogens (tertiary/aromatic N) is 1. The first-order valence-electron chi connectivity index (χ1n) is 13.3. The largest absolute Gasteiger partial charge is 0.481 e. The van der Waals surface area contributed by atoms with Crippen LogP contribution in [0, 0.1) is 12.7 Å². The monoisotopic (exact) mass is 540 g/mol. The fourth-order valence-electron chi connectivity index (χ4n) is 4.50. The van der Waals surface area contributed by atoms with Crippen molar-refractivity contribution in [3.05, 3.63) is 71.2 Å². The van der Waals surface area contributed by atoms with E-state index in [2.05, 4.69) is 10.5 Å². The second-order valence-electron chi connectivity index (χ2n) is 9.67. The van der Waals surface area contributed by atoms with Crippen molar-refractivity contribution in [3.63, 3.8) is 0 Å². The minimum atomic E-state index is -0.909. The van der Waals surface area contributed by atoms with Crippen LogP contribution in [0.3, 0.4) is 0 Å². The van der Waals surface area contributed by atoms with Crippen LogP contribution >= 0.6 is 0 Å². The Morgan fingerprint density at radius 2 is 1.92 bits per heavy atom. The minimum absolute atomic E-state index is 0.0852. The maximum atomic E-state index is 15.1. The molecule has 0 aliphatic heterocycles. The number of carbonyl (C=O) groups excluding carboxylic acids is 1. The number of halogens is 1. The number of hydrogen-bond donors (Lipinski definition) is 2. The van der Waals surface area contributed by atoms with Crippen LogP contribution in [-0.2, 0) is 20.7 Å². The second kappa shape index (κ2) is 13.9. The highest BCUT2D eigenvalue weighted by molar-refractivity contribution is 5.90. The number of carbonyl (C=O) groups is 2. The Bertz CT molecular complexity index is 1250. The van der Waals surface area contributed by atoms with Gasteiger partial charge in [-0.25, -0.2) is 9.18 Å². The van der Waals surface area contributed by atoms with Crippen LogP contribution in [0.1, 0.15) is 75.8 Å². The van der Waals surface area contributed by atoms with Gasteiger partial charge in [-0.2, -0.15) is 0 Å². The smallest absolute Gasteiger partial charge is 0.412 e. The summed E-state index contributed by atoms with van der Waals surface area (Å²) < 4.78 is 32.0. The summed E-state index contributed by atoms with van der Waals surface area (Å²) in [5, 5.41) is 16.0. The summed E-state index contributed by atoms with van der Waals surface area (Å²) in [5.41, 5.74) is 1.74. The Kier molecular flexibility index (Phi) is 10.6. The van der Waals surface area contributed by atoms with Crippen LogP contribution in [0.25, 0.3) is 11.3 Å². The zero-order chi connectivity index (χ0) is 28.4. The summed E-state index contributed by atoms with van der Waals surface area (Å²) in [6.45, 7) is 7.81. The highest BCUT2D eigenvalue weighted by atomic mass is 19.1. The molecule has 2 aromatic carbocycles. The fourth-order valence-corrected chi connectivity index (χ4v) is 4.50. The summed E-state index contributed by atoms with van der Waals surface area (Å²) in [6, 6.07) is 14.1. The highest BCUT2D eigenvalue weighted by Gasteiger charge is 2.31. The van der Waals surface area contributed by atoms with Crippen molar-refractivity contribution in [3.8, 4) is 11.3 Å². The summed E-state index contributed by atoms with van der Waals surface area (Å²) in [4.78, 5) is 24.0. The van der Waals surface area contributed by atoms with Gasteiger partial charge in [0.05, 0.1) is 12.0 Å². The Balaban J connectivity index is 1.68. The fraction of sp³-hybridized carbons (Fsp3) is 0.433. The number of aromatic nitrogens is 1. The number of aliphatic carboxylic acids is 1. The van der Waals surface area contributed by atoms with E-state index in [0.717, 1.165) is 12.0 Å². The van der Waals surface area contributed by atoms with Crippen molar-refractivity contribution >= 4 is 17.7 Å².